The largest absolute Gasteiger partial charge is 0.456 e. The lowest BCUT2D eigenvalue weighted by atomic mass is 9.88. The quantitative estimate of drug-likeness (QED) is 0.399. The van der Waals surface area contributed by atoms with E-state index in [4.69, 9.17) is 4.74 Å². The van der Waals surface area contributed by atoms with E-state index < -0.39 is 36.6 Å². The van der Waals surface area contributed by atoms with Gasteiger partial charge in [0.15, 0.2) is 6.61 Å². The first-order valence-electron chi connectivity index (χ1n) is 9.64. The topological polar surface area (TPSA) is 92.8 Å². The molecule has 0 aliphatic carbocycles. The molecule has 7 heteroatoms. The van der Waals surface area contributed by atoms with E-state index in [9.17, 15) is 19.2 Å². The molecule has 1 N–H and O–H groups in total. The predicted octanol–water partition coefficient (Wildman–Crippen LogP) is 2.92. The van der Waals surface area contributed by atoms with Crippen molar-refractivity contribution in [2.24, 2.45) is 0 Å². The Balaban J connectivity index is 1.98. The number of aryl methyl sites for hydroxylation is 2. The highest BCUT2D eigenvalue weighted by Crippen LogP contribution is 2.28. The number of nitrogens with one attached hydrogen (secondary N) is 1. The van der Waals surface area contributed by atoms with Crippen LogP contribution in [0.2, 0.25) is 0 Å². The van der Waals surface area contributed by atoms with Gasteiger partial charge in [-0.05, 0) is 32.3 Å². The number of hydrogen-bond donors (Lipinski definition) is 1. The van der Waals surface area contributed by atoms with Crippen molar-refractivity contribution in [3.63, 3.8) is 0 Å². The molecule has 0 bridgehead atoms. The number of hydrogen-bond acceptors (Lipinski definition) is 5. The van der Waals surface area contributed by atoms with Crippen LogP contribution in [0.25, 0.3) is 0 Å². The lowest BCUT2D eigenvalue weighted by molar-refractivity contribution is -0.147. The average molecular weight is 388 g/mol. The van der Waals surface area contributed by atoms with Crippen LogP contribution in [0.5, 0.6) is 0 Å². The Kier molecular flexibility index (Phi) is 6.94. The molecule has 0 atom stereocenters. The third-order valence-corrected chi connectivity index (χ3v) is 4.93. The van der Waals surface area contributed by atoms with E-state index >= 15 is 0 Å². The molecule has 0 aromatic heterocycles. The summed E-state index contributed by atoms with van der Waals surface area (Å²) in [5, 5.41) is 2.74. The Bertz CT molecular complexity index is 781. The van der Waals surface area contributed by atoms with Crippen molar-refractivity contribution >= 4 is 23.7 Å². The third-order valence-electron chi connectivity index (χ3n) is 4.93. The van der Waals surface area contributed by atoms with Crippen LogP contribution in [0.15, 0.2) is 18.2 Å². The van der Waals surface area contributed by atoms with Gasteiger partial charge in [-0.15, -0.1) is 0 Å². The molecule has 7 nitrogen and oxygen atoms in total. The van der Waals surface area contributed by atoms with Crippen LogP contribution >= 0.6 is 0 Å². The molecule has 3 amide bonds. The van der Waals surface area contributed by atoms with Crippen LogP contribution in [0.3, 0.4) is 0 Å². The molecule has 0 spiro atoms. The van der Waals surface area contributed by atoms with Gasteiger partial charge < -0.3 is 10.1 Å². The second kappa shape index (κ2) is 8.99. The SMILES string of the molecule is CCCC1(CCC)NC(=O)N(CC(=O)OCC(=O)c2ccc(C)cc2C)C1=O. The Morgan fingerprint density at radius 1 is 1.11 bits per heavy atom. The number of benzene rings is 1. The molecule has 1 aromatic carbocycles. The number of ketones is 1. The summed E-state index contributed by atoms with van der Waals surface area (Å²) in [4.78, 5) is 50.3. The van der Waals surface area contributed by atoms with Crippen molar-refractivity contribution in [3.8, 4) is 0 Å². The number of esters is 1. The highest BCUT2D eigenvalue weighted by atomic mass is 16.5. The first-order chi connectivity index (χ1) is 13.2. The number of rotatable bonds is 9. The van der Waals surface area contributed by atoms with Gasteiger partial charge in [0.05, 0.1) is 0 Å². The highest BCUT2D eigenvalue weighted by molar-refractivity contribution is 6.08. The molecule has 1 fully saturated rings. The van der Waals surface area contributed by atoms with Crippen LogP contribution < -0.4 is 5.32 Å². The Hall–Kier alpha value is -2.70. The minimum absolute atomic E-state index is 0.325. The Morgan fingerprint density at radius 3 is 2.32 bits per heavy atom. The second-order valence-corrected chi connectivity index (χ2v) is 7.31. The number of carbonyl (C=O) groups excluding carboxylic acids is 4. The highest BCUT2D eigenvalue weighted by Gasteiger charge is 2.50. The zero-order valence-electron chi connectivity index (χ0n) is 17.0. The molecule has 1 aliphatic heterocycles. The summed E-state index contributed by atoms with van der Waals surface area (Å²) in [6, 6.07) is 4.80. The van der Waals surface area contributed by atoms with Crippen molar-refractivity contribution < 1.29 is 23.9 Å². The lowest BCUT2D eigenvalue weighted by Gasteiger charge is -2.25. The van der Waals surface area contributed by atoms with E-state index in [1.165, 1.54) is 0 Å². The molecule has 2 rings (SSSR count). The summed E-state index contributed by atoms with van der Waals surface area (Å²) >= 11 is 0. The maximum atomic E-state index is 12.8. The van der Waals surface area contributed by atoms with Crippen LogP contribution in [-0.4, -0.2) is 47.3 Å². The summed E-state index contributed by atoms with van der Waals surface area (Å²) < 4.78 is 5.03. The predicted molar refractivity (Wildman–Crippen MR) is 104 cm³/mol. The summed E-state index contributed by atoms with van der Waals surface area (Å²) in [5.74, 6) is -1.52. The molecule has 1 saturated heterocycles. The van der Waals surface area contributed by atoms with Gasteiger partial charge in [0.1, 0.15) is 12.1 Å². The summed E-state index contributed by atoms with van der Waals surface area (Å²) in [6.45, 7) is 6.69. The smallest absolute Gasteiger partial charge is 0.326 e. The number of carbonyl (C=O) groups is 4. The van der Waals surface area contributed by atoms with Gasteiger partial charge in [0, 0.05) is 5.56 Å². The van der Waals surface area contributed by atoms with Crippen molar-refractivity contribution in [2.75, 3.05) is 13.2 Å². The van der Waals surface area contributed by atoms with Crippen LogP contribution in [0, 0.1) is 13.8 Å². The number of urea groups is 1. The third kappa shape index (κ3) is 4.58. The fourth-order valence-electron chi connectivity index (χ4n) is 3.66. The first-order valence-corrected chi connectivity index (χ1v) is 9.64. The molecular weight excluding hydrogens is 360 g/mol. The van der Waals surface area contributed by atoms with Gasteiger partial charge in [0.2, 0.25) is 5.78 Å². The molecule has 152 valence electrons. The van der Waals surface area contributed by atoms with Crippen LogP contribution in [-0.2, 0) is 14.3 Å². The van der Waals surface area contributed by atoms with Gasteiger partial charge >= 0.3 is 12.0 Å². The second-order valence-electron chi connectivity index (χ2n) is 7.31. The lowest BCUT2D eigenvalue weighted by Crippen LogP contribution is -2.47. The monoisotopic (exact) mass is 388 g/mol. The van der Waals surface area contributed by atoms with Gasteiger partial charge in [-0.1, -0.05) is 50.5 Å². The van der Waals surface area contributed by atoms with E-state index in [0.29, 0.717) is 18.4 Å². The van der Waals surface area contributed by atoms with Crippen molar-refractivity contribution in [1.29, 1.82) is 0 Å². The molecule has 0 saturated carbocycles. The fourth-order valence-corrected chi connectivity index (χ4v) is 3.66. The number of Topliss-reactive ketones (excluding diaryl/α,β-unsaturated/α-hetero) is 1. The number of amides is 3. The molecule has 1 aliphatic rings. The summed E-state index contributed by atoms with van der Waals surface area (Å²) in [5.41, 5.74) is 1.37. The molecular formula is C21H28N2O5. The number of ether oxygens (including phenoxy) is 1. The maximum absolute atomic E-state index is 12.8. The van der Waals surface area contributed by atoms with Gasteiger partial charge in [-0.2, -0.15) is 0 Å². The van der Waals surface area contributed by atoms with E-state index in [1.54, 1.807) is 6.07 Å². The Labute approximate surface area is 165 Å². The molecule has 0 radical (unpaired) electrons. The van der Waals surface area contributed by atoms with Crippen LogP contribution in [0.4, 0.5) is 4.79 Å². The molecule has 1 aromatic rings. The van der Waals surface area contributed by atoms with E-state index in [1.807, 2.05) is 39.8 Å². The minimum Gasteiger partial charge on any atom is -0.456 e. The maximum Gasteiger partial charge on any atom is 0.326 e. The van der Waals surface area contributed by atoms with Gasteiger partial charge in [-0.25, -0.2) is 4.79 Å². The zero-order chi connectivity index (χ0) is 20.9. The Morgan fingerprint density at radius 2 is 1.75 bits per heavy atom. The van der Waals surface area contributed by atoms with E-state index in [2.05, 4.69) is 5.32 Å². The average Bonchev–Trinajstić information content (AvgIpc) is 2.84. The van der Waals surface area contributed by atoms with Crippen molar-refractivity contribution in [2.45, 2.75) is 58.9 Å². The summed E-state index contributed by atoms with van der Waals surface area (Å²) in [6.07, 6.45) is 2.49. The molecule has 1 heterocycles. The zero-order valence-corrected chi connectivity index (χ0v) is 17.0. The molecule has 28 heavy (non-hydrogen) atoms. The summed E-state index contributed by atoms with van der Waals surface area (Å²) in [7, 11) is 0. The van der Waals surface area contributed by atoms with Crippen molar-refractivity contribution in [3.05, 3.63) is 34.9 Å². The molecule has 0 unspecified atom stereocenters. The number of nitrogens with zero attached hydrogens (tertiary/aromatic N) is 1. The minimum atomic E-state index is -0.949. The standard InChI is InChI=1S/C21H28N2O5/c1-5-9-21(10-6-2)19(26)23(20(27)22-21)12-18(25)28-13-17(24)16-8-7-14(3)11-15(16)4/h7-8,11H,5-6,9-10,12-13H2,1-4H3,(H,22,27). The van der Waals surface area contributed by atoms with E-state index in [0.717, 1.165) is 28.9 Å². The van der Waals surface area contributed by atoms with Gasteiger partial charge in [-0.3, -0.25) is 19.3 Å². The van der Waals surface area contributed by atoms with Crippen LogP contribution in [0.1, 0.15) is 61.0 Å². The fraction of sp³-hybridized carbons (Fsp3) is 0.524. The van der Waals surface area contributed by atoms with Crippen molar-refractivity contribution in [1.82, 2.24) is 10.2 Å². The van der Waals surface area contributed by atoms with E-state index in [-0.39, 0.29) is 5.78 Å². The first kappa shape index (κ1) is 21.6. The normalized spacial score (nSPS) is 15.5. The number of imide groups is 1. The van der Waals surface area contributed by atoms with Gasteiger partial charge in [0.25, 0.3) is 5.91 Å².